The van der Waals surface area contributed by atoms with Crippen molar-refractivity contribution in [2.24, 2.45) is 0 Å². The standard InChI is InChI=1S/C22H22Cl2N2O3S/c1-4-29-21(27)19-17(11-30-18-10-14(23)7-8-16(18)24)25-22(28)26-20(19)15-9-12(2)5-6-13(15)3/h5-10,20H,4,11H2,1-3H3,(H2,25,26,28)/t20-/m1/s1. The first-order valence-corrected chi connectivity index (χ1v) is 11.2. The number of carbonyl (C=O) groups excluding carboxylic acids is 2. The molecule has 2 N–H and O–H groups in total. The molecule has 2 amide bonds. The molecule has 30 heavy (non-hydrogen) atoms. The van der Waals surface area contributed by atoms with Crippen LogP contribution in [0.15, 0.2) is 52.6 Å². The van der Waals surface area contributed by atoms with E-state index in [2.05, 4.69) is 10.6 Å². The molecule has 3 rings (SSSR count). The van der Waals surface area contributed by atoms with Gasteiger partial charge in [-0.1, -0.05) is 47.0 Å². The number of thioether (sulfide) groups is 1. The monoisotopic (exact) mass is 464 g/mol. The quantitative estimate of drug-likeness (QED) is 0.432. The average molecular weight is 465 g/mol. The molecule has 2 aromatic rings. The van der Waals surface area contributed by atoms with Crippen LogP contribution in [0.4, 0.5) is 4.79 Å². The SMILES string of the molecule is CCOC(=O)C1=C(CSc2cc(Cl)ccc2Cl)NC(=O)N[C@@H]1c1cc(C)ccc1C. The van der Waals surface area contributed by atoms with Crippen molar-refractivity contribution in [1.82, 2.24) is 10.6 Å². The molecule has 8 heteroatoms. The Hall–Kier alpha value is -2.15. The highest BCUT2D eigenvalue weighted by Crippen LogP contribution is 2.35. The van der Waals surface area contributed by atoms with Gasteiger partial charge in [-0.15, -0.1) is 11.8 Å². The summed E-state index contributed by atoms with van der Waals surface area (Å²) in [5, 5.41) is 6.76. The number of benzene rings is 2. The molecule has 158 valence electrons. The van der Waals surface area contributed by atoms with Crippen molar-refractivity contribution < 1.29 is 14.3 Å². The summed E-state index contributed by atoms with van der Waals surface area (Å²) in [6, 6.07) is 10.1. The zero-order valence-electron chi connectivity index (χ0n) is 16.8. The minimum Gasteiger partial charge on any atom is -0.463 e. The molecule has 1 aliphatic heterocycles. The van der Waals surface area contributed by atoms with Crippen molar-refractivity contribution in [2.75, 3.05) is 12.4 Å². The minimum atomic E-state index is -0.608. The second-order valence-electron chi connectivity index (χ2n) is 6.87. The summed E-state index contributed by atoms with van der Waals surface area (Å²) in [5.74, 6) is -0.146. The number of rotatable bonds is 6. The Balaban J connectivity index is 2.04. The van der Waals surface area contributed by atoms with Gasteiger partial charge in [0.1, 0.15) is 0 Å². The summed E-state index contributed by atoms with van der Waals surface area (Å²) in [6.45, 7) is 5.90. The Morgan fingerprint density at radius 2 is 1.93 bits per heavy atom. The van der Waals surface area contributed by atoms with Crippen LogP contribution in [0.5, 0.6) is 0 Å². The Bertz CT molecular complexity index is 1020. The molecule has 1 heterocycles. The molecule has 0 saturated carbocycles. The third-order valence-electron chi connectivity index (χ3n) is 4.66. The van der Waals surface area contributed by atoms with Gasteiger partial charge in [0.25, 0.3) is 0 Å². The fourth-order valence-electron chi connectivity index (χ4n) is 3.22. The fourth-order valence-corrected chi connectivity index (χ4v) is 4.69. The Labute approximate surface area is 190 Å². The molecule has 0 spiro atoms. The van der Waals surface area contributed by atoms with Gasteiger partial charge in [0.2, 0.25) is 0 Å². The summed E-state index contributed by atoms with van der Waals surface area (Å²) in [7, 11) is 0. The van der Waals surface area contributed by atoms with Crippen LogP contribution < -0.4 is 10.6 Å². The van der Waals surface area contributed by atoms with Crippen LogP contribution in [0.1, 0.15) is 29.7 Å². The van der Waals surface area contributed by atoms with Gasteiger partial charge in [-0.2, -0.15) is 0 Å². The summed E-state index contributed by atoms with van der Waals surface area (Å²) >= 11 is 13.7. The van der Waals surface area contributed by atoms with Gasteiger partial charge in [-0.05, 0) is 50.1 Å². The highest BCUT2D eigenvalue weighted by molar-refractivity contribution is 7.99. The first-order chi connectivity index (χ1) is 14.3. The van der Waals surface area contributed by atoms with Crippen molar-refractivity contribution in [3.8, 4) is 0 Å². The van der Waals surface area contributed by atoms with Crippen LogP contribution in [-0.4, -0.2) is 24.4 Å². The highest BCUT2D eigenvalue weighted by Gasteiger charge is 2.34. The lowest BCUT2D eigenvalue weighted by Gasteiger charge is -2.30. The highest BCUT2D eigenvalue weighted by atomic mass is 35.5. The summed E-state index contributed by atoms with van der Waals surface area (Å²) in [5.41, 5.74) is 3.74. The van der Waals surface area contributed by atoms with Crippen LogP contribution in [0.25, 0.3) is 0 Å². The Morgan fingerprint density at radius 1 is 1.17 bits per heavy atom. The van der Waals surface area contributed by atoms with Crippen molar-refractivity contribution in [2.45, 2.75) is 31.7 Å². The van der Waals surface area contributed by atoms with Crippen LogP contribution >= 0.6 is 35.0 Å². The zero-order valence-corrected chi connectivity index (χ0v) is 19.2. The van der Waals surface area contributed by atoms with Gasteiger partial charge >= 0.3 is 12.0 Å². The third kappa shape index (κ3) is 5.12. The maximum absolute atomic E-state index is 12.9. The van der Waals surface area contributed by atoms with Gasteiger partial charge < -0.3 is 15.4 Å². The van der Waals surface area contributed by atoms with E-state index in [1.807, 2.05) is 32.0 Å². The number of urea groups is 1. The fraction of sp³-hybridized carbons (Fsp3) is 0.273. The van der Waals surface area contributed by atoms with Gasteiger partial charge in [-0.3, -0.25) is 0 Å². The van der Waals surface area contributed by atoms with Crippen molar-refractivity contribution in [1.29, 1.82) is 0 Å². The number of ether oxygens (including phenoxy) is 1. The predicted molar refractivity (Wildman–Crippen MR) is 121 cm³/mol. The van der Waals surface area contributed by atoms with E-state index in [0.29, 0.717) is 27.1 Å². The summed E-state index contributed by atoms with van der Waals surface area (Å²) in [4.78, 5) is 26.1. The van der Waals surface area contributed by atoms with Gasteiger partial charge in [0.15, 0.2) is 0 Å². The summed E-state index contributed by atoms with van der Waals surface area (Å²) in [6.07, 6.45) is 0. The van der Waals surface area contributed by atoms with Crippen LogP contribution in [-0.2, 0) is 9.53 Å². The number of hydrogen-bond acceptors (Lipinski definition) is 4. The van der Waals surface area contributed by atoms with Crippen LogP contribution in [0, 0.1) is 13.8 Å². The van der Waals surface area contributed by atoms with Gasteiger partial charge in [0.05, 0.1) is 23.2 Å². The van der Waals surface area contributed by atoms with E-state index < -0.39 is 12.0 Å². The van der Waals surface area contributed by atoms with E-state index in [9.17, 15) is 9.59 Å². The molecule has 1 atom stereocenters. The van der Waals surface area contributed by atoms with E-state index in [0.717, 1.165) is 21.6 Å². The molecule has 5 nitrogen and oxygen atoms in total. The number of halogens is 2. The maximum atomic E-state index is 12.9. The van der Waals surface area contributed by atoms with E-state index in [4.69, 9.17) is 27.9 Å². The molecule has 0 unspecified atom stereocenters. The molecular formula is C22H22Cl2N2O3S. The number of carbonyl (C=O) groups is 2. The molecule has 0 radical (unpaired) electrons. The average Bonchev–Trinajstić information content (AvgIpc) is 2.70. The smallest absolute Gasteiger partial charge is 0.338 e. The zero-order chi connectivity index (χ0) is 21.8. The number of esters is 1. The Kier molecular flexibility index (Phi) is 7.34. The first-order valence-electron chi connectivity index (χ1n) is 9.42. The molecule has 0 fully saturated rings. The minimum absolute atomic E-state index is 0.232. The van der Waals surface area contributed by atoms with Gasteiger partial charge in [-0.25, -0.2) is 9.59 Å². The lowest BCUT2D eigenvalue weighted by Crippen LogP contribution is -2.46. The number of hydrogen-bond donors (Lipinski definition) is 2. The van der Waals surface area contributed by atoms with E-state index in [-0.39, 0.29) is 12.6 Å². The number of nitrogens with one attached hydrogen (secondary N) is 2. The van der Waals surface area contributed by atoms with Crippen LogP contribution in [0.2, 0.25) is 10.0 Å². The number of amides is 2. The first kappa shape index (κ1) is 22.5. The van der Waals surface area contributed by atoms with Crippen molar-refractivity contribution >= 4 is 47.0 Å². The van der Waals surface area contributed by atoms with E-state index in [1.165, 1.54) is 11.8 Å². The topological polar surface area (TPSA) is 67.4 Å². The summed E-state index contributed by atoms with van der Waals surface area (Å²) < 4.78 is 5.32. The molecule has 0 aliphatic carbocycles. The molecular weight excluding hydrogens is 443 g/mol. The van der Waals surface area contributed by atoms with Crippen LogP contribution in [0.3, 0.4) is 0 Å². The largest absolute Gasteiger partial charge is 0.463 e. The molecule has 0 aromatic heterocycles. The third-order valence-corrected chi connectivity index (χ3v) is 6.42. The second-order valence-corrected chi connectivity index (χ2v) is 8.73. The van der Waals surface area contributed by atoms with Crippen molar-refractivity contribution in [3.63, 3.8) is 0 Å². The maximum Gasteiger partial charge on any atom is 0.338 e. The lowest BCUT2D eigenvalue weighted by molar-refractivity contribution is -0.139. The van der Waals surface area contributed by atoms with Crippen molar-refractivity contribution in [3.05, 3.63) is 74.4 Å². The van der Waals surface area contributed by atoms with E-state index >= 15 is 0 Å². The molecule has 0 saturated heterocycles. The predicted octanol–water partition coefficient (Wildman–Crippen LogP) is 5.57. The molecule has 0 bridgehead atoms. The van der Waals surface area contributed by atoms with Gasteiger partial charge in [0, 0.05) is 21.4 Å². The number of aryl methyl sites for hydroxylation is 2. The molecule has 2 aromatic carbocycles. The normalized spacial score (nSPS) is 16.2. The Morgan fingerprint density at radius 3 is 2.67 bits per heavy atom. The second kappa shape index (κ2) is 9.77. The molecule has 1 aliphatic rings. The van der Waals surface area contributed by atoms with E-state index in [1.54, 1.807) is 25.1 Å². The lowest BCUT2D eigenvalue weighted by atomic mass is 9.91.